The first-order chi connectivity index (χ1) is 7.67. The highest BCUT2D eigenvalue weighted by atomic mass is 16.5. The lowest BCUT2D eigenvalue weighted by Gasteiger charge is -2.24. The van der Waals surface area contributed by atoms with Gasteiger partial charge in [-0.3, -0.25) is 0 Å². The van der Waals surface area contributed by atoms with Gasteiger partial charge in [-0.25, -0.2) is 0 Å². The molecule has 0 heterocycles. The molecule has 0 unspecified atom stereocenters. The number of methoxy groups -OCH3 is 1. The fraction of sp³-hybridized carbons (Fsp3) is 0.538. The van der Waals surface area contributed by atoms with E-state index < -0.39 is 5.60 Å². The zero-order valence-corrected chi connectivity index (χ0v) is 10.1. The van der Waals surface area contributed by atoms with Crippen molar-refractivity contribution >= 4 is 0 Å². The zero-order chi connectivity index (χ0) is 11.9. The number of nitrogens with one attached hydrogen (secondary N) is 1. The Hall–Kier alpha value is -0.900. The fourth-order valence-electron chi connectivity index (χ4n) is 1.57. The van der Waals surface area contributed by atoms with Crippen molar-refractivity contribution < 1.29 is 9.84 Å². The molecule has 0 spiro atoms. The van der Waals surface area contributed by atoms with Gasteiger partial charge in [0.05, 0.1) is 5.60 Å². The lowest BCUT2D eigenvalue weighted by molar-refractivity contribution is 0.0564. The van der Waals surface area contributed by atoms with Crippen LogP contribution in [0.4, 0.5) is 0 Å². The molecule has 0 aliphatic heterocycles. The van der Waals surface area contributed by atoms with Crippen LogP contribution in [0, 0.1) is 0 Å². The molecule has 1 rings (SSSR count). The van der Waals surface area contributed by atoms with E-state index in [0.717, 1.165) is 25.1 Å². The number of hydrogen-bond donors (Lipinski definition) is 2. The van der Waals surface area contributed by atoms with E-state index in [9.17, 15) is 5.11 Å². The van der Waals surface area contributed by atoms with Crippen LogP contribution in [0.5, 0.6) is 0 Å². The van der Waals surface area contributed by atoms with Crippen molar-refractivity contribution in [3.8, 4) is 0 Å². The number of aliphatic hydroxyl groups is 1. The summed E-state index contributed by atoms with van der Waals surface area (Å²) in [6.45, 7) is 3.99. The van der Waals surface area contributed by atoms with E-state index in [0.29, 0.717) is 6.54 Å². The SMILES string of the molecule is COCCCNC[C@@](C)(O)c1ccccc1. The van der Waals surface area contributed by atoms with Crippen LogP contribution in [0.3, 0.4) is 0 Å². The molecule has 0 aliphatic carbocycles. The van der Waals surface area contributed by atoms with Crippen molar-refractivity contribution in [2.45, 2.75) is 18.9 Å². The Morgan fingerprint density at radius 3 is 2.62 bits per heavy atom. The third kappa shape index (κ3) is 4.31. The van der Waals surface area contributed by atoms with Crippen molar-refractivity contribution in [2.24, 2.45) is 0 Å². The highest BCUT2D eigenvalue weighted by Gasteiger charge is 2.21. The molecular weight excluding hydrogens is 202 g/mol. The maximum atomic E-state index is 10.2. The normalized spacial score (nSPS) is 14.7. The van der Waals surface area contributed by atoms with Gasteiger partial charge in [0.2, 0.25) is 0 Å². The predicted molar refractivity (Wildman–Crippen MR) is 65.4 cm³/mol. The maximum Gasteiger partial charge on any atom is 0.0992 e. The summed E-state index contributed by atoms with van der Waals surface area (Å²) in [5, 5.41) is 13.5. The second kappa shape index (κ2) is 6.63. The standard InChI is InChI=1S/C13H21NO2/c1-13(15,11-14-9-6-10-16-2)12-7-4-3-5-8-12/h3-5,7-8,14-15H,6,9-11H2,1-2H3/t13-/m1/s1. The minimum absolute atomic E-state index is 0.556. The predicted octanol–water partition coefficient (Wildman–Crippen LogP) is 1.52. The zero-order valence-electron chi connectivity index (χ0n) is 10.1. The Kier molecular flexibility index (Phi) is 5.46. The molecule has 0 aromatic heterocycles. The van der Waals surface area contributed by atoms with Crippen LogP contribution in [0.1, 0.15) is 18.9 Å². The summed E-state index contributed by atoms with van der Waals surface area (Å²) in [5.74, 6) is 0. The minimum atomic E-state index is -0.811. The minimum Gasteiger partial charge on any atom is -0.385 e. The van der Waals surface area contributed by atoms with Gasteiger partial charge in [-0.2, -0.15) is 0 Å². The summed E-state index contributed by atoms with van der Waals surface area (Å²) in [7, 11) is 1.69. The molecule has 0 aliphatic rings. The van der Waals surface area contributed by atoms with E-state index in [-0.39, 0.29) is 0 Å². The third-order valence-electron chi connectivity index (χ3n) is 2.57. The molecule has 3 nitrogen and oxygen atoms in total. The number of ether oxygens (including phenoxy) is 1. The Morgan fingerprint density at radius 2 is 2.00 bits per heavy atom. The van der Waals surface area contributed by atoms with Gasteiger partial charge in [0.15, 0.2) is 0 Å². The topological polar surface area (TPSA) is 41.5 Å². The summed E-state index contributed by atoms with van der Waals surface area (Å²) in [4.78, 5) is 0. The monoisotopic (exact) mass is 223 g/mol. The van der Waals surface area contributed by atoms with Crippen molar-refractivity contribution in [2.75, 3.05) is 26.8 Å². The van der Waals surface area contributed by atoms with E-state index in [1.807, 2.05) is 37.3 Å². The molecule has 90 valence electrons. The van der Waals surface area contributed by atoms with E-state index in [4.69, 9.17) is 4.74 Å². The fourth-order valence-corrected chi connectivity index (χ4v) is 1.57. The summed E-state index contributed by atoms with van der Waals surface area (Å²) in [5.41, 5.74) is 0.128. The van der Waals surface area contributed by atoms with Gasteiger partial charge in [-0.15, -0.1) is 0 Å². The van der Waals surface area contributed by atoms with Crippen molar-refractivity contribution in [3.05, 3.63) is 35.9 Å². The Bertz CT molecular complexity index is 285. The molecule has 1 atom stereocenters. The van der Waals surface area contributed by atoms with Crippen LogP contribution < -0.4 is 5.32 Å². The van der Waals surface area contributed by atoms with Crippen LogP contribution in [-0.2, 0) is 10.3 Å². The van der Waals surface area contributed by atoms with Crippen molar-refractivity contribution in [3.63, 3.8) is 0 Å². The average Bonchev–Trinajstić information content (AvgIpc) is 2.30. The van der Waals surface area contributed by atoms with Gasteiger partial charge in [-0.05, 0) is 25.5 Å². The Balaban J connectivity index is 2.35. The third-order valence-corrected chi connectivity index (χ3v) is 2.57. The molecule has 0 saturated carbocycles. The molecule has 16 heavy (non-hydrogen) atoms. The maximum absolute atomic E-state index is 10.2. The second-order valence-corrected chi connectivity index (χ2v) is 4.16. The first kappa shape index (κ1) is 13.2. The molecule has 0 bridgehead atoms. The number of rotatable bonds is 7. The molecule has 0 saturated heterocycles. The first-order valence-electron chi connectivity index (χ1n) is 5.64. The van der Waals surface area contributed by atoms with Gasteiger partial charge in [-0.1, -0.05) is 30.3 Å². The lowest BCUT2D eigenvalue weighted by atomic mass is 9.96. The smallest absolute Gasteiger partial charge is 0.0992 e. The number of benzene rings is 1. The number of hydrogen-bond acceptors (Lipinski definition) is 3. The molecule has 1 aromatic carbocycles. The first-order valence-corrected chi connectivity index (χ1v) is 5.64. The highest BCUT2D eigenvalue weighted by Crippen LogP contribution is 2.18. The lowest BCUT2D eigenvalue weighted by Crippen LogP contribution is -2.36. The van der Waals surface area contributed by atoms with Crippen LogP contribution in [0.25, 0.3) is 0 Å². The quantitative estimate of drug-likeness (QED) is 0.689. The Labute approximate surface area is 97.4 Å². The van der Waals surface area contributed by atoms with Gasteiger partial charge >= 0.3 is 0 Å². The van der Waals surface area contributed by atoms with Crippen LogP contribution in [0.15, 0.2) is 30.3 Å². The molecular formula is C13H21NO2. The van der Waals surface area contributed by atoms with Crippen LogP contribution in [0.2, 0.25) is 0 Å². The molecule has 0 fully saturated rings. The van der Waals surface area contributed by atoms with Gasteiger partial charge in [0.1, 0.15) is 0 Å². The van der Waals surface area contributed by atoms with Crippen molar-refractivity contribution in [1.82, 2.24) is 5.32 Å². The van der Waals surface area contributed by atoms with Gasteiger partial charge in [0, 0.05) is 20.3 Å². The molecule has 3 heteroatoms. The van der Waals surface area contributed by atoms with Crippen LogP contribution in [-0.4, -0.2) is 31.9 Å². The largest absolute Gasteiger partial charge is 0.385 e. The van der Waals surface area contributed by atoms with E-state index >= 15 is 0 Å². The summed E-state index contributed by atoms with van der Waals surface area (Å²) in [6.07, 6.45) is 0.960. The van der Waals surface area contributed by atoms with E-state index in [1.54, 1.807) is 7.11 Å². The molecule has 2 N–H and O–H groups in total. The molecule has 1 aromatic rings. The summed E-state index contributed by atoms with van der Waals surface area (Å²) >= 11 is 0. The van der Waals surface area contributed by atoms with Gasteiger partial charge < -0.3 is 15.2 Å². The second-order valence-electron chi connectivity index (χ2n) is 4.16. The van der Waals surface area contributed by atoms with Crippen molar-refractivity contribution in [1.29, 1.82) is 0 Å². The van der Waals surface area contributed by atoms with Crippen LogP contribution >= 0.6 is 0 Å². The molecule has 0 amide bonds. The summed E-state index contributed by atoms with van der Waals surface area (Å²) in [6, 6.07) is 9.71. The van der Waals surface area contributed by atoms with E-state index in [2.05, 4.69) is 5.32 Å². The van der Waals surface area contributed by atoms with Gasteiger partial charge in [0.25, 0.3) is 0 Å². The summed E-state index contributed by atoms with van der Waals surface area (Å²) < 4.78 is 4.96. The van der Waals surface area contributed by atoms with E-state index in [1.165, 1.54) is 0 Å². The average molecular weight is 223 g/mol. The highest BCUT2D eigenvalue weighted by molar-refractivity contribution is 5.21. The Morgan fingerprint density at radius 1 is 1.31 bits per heavy atom. The molecule has 0 radical (unpaired) electrons.